The maximum Gasteiger partial charge on any atom is 0.319 e. The average Bonchev–Trinajstić information content (AvgIpc) is 2.61. The van der Waals surface area contributed by atoms with Crippen LogP contribution in [0, 0.1) is 0 Å². The molecule has 0 aliphatic rings. The van der Waals surface area contributed by atoms with Gasteiger partial charge >= 0.3 is 6.03 Å². The molecule has 0 bridgehead atoms. The number of carbonyl (C=O) groups is 1. The Morgan fingerprint density at radius 3 is 2.29 bits per heavy atom. The number of carbonyl (C=O) groups excluding carboxylic acids is 1. The second-order valence-electron chi connectivity index (χ2n) is 5.20. The Morgan fingerprint density at radius 1 is 1.08 bits per heavy atom. The first-order valence-electron chi connectivity index (χ1n) is 7.63. The average molecular weight is 330 g/mol. The molecule has 2 amide bonds. The lowest BCUT2D eigenvalue weighted by Crippen LogP contribution is -2.30. The molecule has 0 heterocycles. The highest BCUT2D eigenvalue weighted by Crippen LogP contribution is 2.25. The molecule has 3 N–H and O–H groups in total. The lowest BCUT2D eigenvalue weighted by Gasteiger charge is -2.13. The van der Waals surface area contributed by atoms with Crippen molar-refractivity contribution in [2.75, 3.05) is 26.1 Å². The van der Waals surface area contributed by atoms with Gasteiger partial charge in [-0.05, 0) is 12.0 Å². The van der Waals surface area contributed by atoms with Crippen LogP contribution in [0.4, 0.5) is 10.5 Å². The summed E-state index contributed by atoms with van der Waals surface area (Å²) in [6, 6.07) is 14.1. The number of rotatable bonds is 7. The summed E-state index contributed by atoms with van der Waals surface area (Å²) in [5.74, 6) is 1.17. The number of amides is 2. The minimum Gasteiger partial charge on any atom is -0.497 e. The molecule has 0 radical (unpaired) electrons. The number of benzene rings is 2. The van der Waals surface area contributed by atoms with E-state index < -0.39 is 6.10 Å². The second kappa shape index (κ2) is 8.79. The fraction of sp³-hybridized carbons (Fsp3) is 0.278. The third kappa shape index (κ3) is 5.17. The normalized spacial score (nSPS) is 11.5. The number of aliphatic hydroxyl groups excluding tert-OH is 1. The molecule has 6 heteroatoms. The molecule has 128 valence electrons. The van der Waals surface area contributed by atoms with E-state index in [0.717, 1.165) is 5.56 Å². The molecule has 2 rings (SSSR count). The third-order valence-corrected chi connectivity index (χ3v) is 3.50. The molecular formula is C18H22N2O4. The molecule has 0 saturated carbocycles. The number of urea groups is 1. The first-order chi connectivity index (χ1) is 11.6. The number of nitrogens with one attached hydrogen (secondary N) is 2. The third-order valence-electron chi connectivity index (χ3n) is 3.50. The first-order valence-corrected chi connectivity index (χ1v) is 7.63. The van der Waals surface area contributed by atoms with Crippen molar-refractivity contribution >= 4 is 11.7 Å². The Kier molecular flexibility index (Phi) is 6.45. The van der Waals surface area contributed by atoms with Gasteiger partial charge in [0.05, 0.1) is 20.3 Å². The van der Waals surface area contributed by atoms with E-state index in [0.29, 0.717) is 30.2 Å². The zero-order valence-electron chi connectivity index (χ0n) is 13.8. The number of ether oxygens (including phenoxy) is 2. The van der Waals surface area contributed by atoms with Crippen LogP contribution in [0.2, 0.25) is 0 Å². The highest BCUT2D eigenvalue weighted by Gasteiger charge is 2.09. The van der Waals surface area contributed by atoms with Crippen LogP contribution in [0.25, 0.3) is 0 Å². The van der Waals surface area contributed by atoms with Crippen molar-refractivity contribution in [1.82, 2.24) is 5.32 Å². The molecule has 6 nitrogen and oxygen atoms in total. The van der Waals surface area contributed by atoms with Gasteiger partial charge in [-0.15, -0.1) is 0 Å². The summed E-state index contributed by atoms with van der Waals surface area (Å²) >= 11 is 0. The predicted molar refractivity (Wildman–Crippen MR) is 92.6 cm³/mol. The Morgan fingerprint density at radius 2 is 1.71 bits per heavy atom. The van der Waals surface area contributed by atoms with Gasteiger partial charge in [0.1, 0.15) is 11.5 Å². The zero-order valence-corrected chi connectivity index (χ0v) is 13.8. The number of hydrogen-bond donors (Lipinski definition) is 3. The van der Waals surface area contributed by atoms with Crippen molar-refractivity contribution in [2.45, 2.75) is 12.5 Å². The lowest BCUT2D eigenvalue weighted by molar-refractivity contribution is 0.167. The largest absolute Gasteiger partial charge is 0.497 e. The topological polar surface area (TPSA) is 79.8 Å². The van der Waals surface area contributed by atoms with E-state index in [4.69, 9.17) is 9.47 Å². The summed E-state index contributed by atoms with van der Waals surface area (Å²) in [5.41, 5.74) is 1.39. The molecule has 0 aliphatic heterocycles. The minimum absolute atomic E-state index is 0.350. The molecule has 1 atom stereocenters. The Balaban J connectivity index is 1.83. The maximum absolute atomic E-state index is 11.9. The highest BCUT2D eigenvalue weighted by atomic mass is 16.5. The summed E-state index contributed by atoms with van der Waals surface area (Å²) in [6.45, 7) is 0.350. The highest BCUT2D eigenvalue weighted by molar-refractivity contribution is 5.89. The van der Waals surface area contributed by atoms with Gasteiger partial charge < -0.3 is 25.2 Å². The summed E-state index contributed by atoms with van der Waals surface area (Å²) in [7, 11) is 3.09. The molecule has 0 aliphatic carbocycles. The Labute approximate surface area is 141 Å². The molecule has 2 aromatic carbocycles. The molecule has 0 spiro atoms. The molecule has 0 saturated heterocycles. The van der Waals surface area contributed by atoms with Crippen LogP contribution in [0.5, 0.6) is 11.5 Å². The van der Waals surface area contributed by atoms with Crippen molar-refractivity contribution < 1.29 is 19.4 Å². The number of anilines is 1. The summed E-state index contributed by atoms with van der Waals surface area (Å²) < 4.78 is 10.3. The van der Waals surface area contributed by atoms with Gasteiger partial charge in [-0.1, -0.05) is 30.3 Å². The lowest BCUT2D eigenvalue weighted by atomic mass is 10.1. The van der Waals surface area contributed by atoms with Gasteiger partial charge in [0, 0.05) is 30.4 Å². The number of hydrogen-bond acceptors (Lipinski definition) is 4. The van der Waals surface area contributed by atoms with Gasteiger partial charge in [0.15, 0.2) is 0 Å². The van der Waals surface area contributed by atoms with Crippen LogP contribution in [-0.4, -0.2) is 31.9 Å². The fourth-order valence-electron chi connectivity index (χ4n) is 2.22. The second-order valence-corrected chi connectivity index (χ2v) is 5.20. The summed E-state index contributed by atoms with van der Waals surface area (Å²) in [4.78, 5) is 11.9. The van der Waals surface area contributed by atoms with Crippen LogP contribution in [-0.2, 0) is 0 Å². The van der Waals surface area contributed by atoms with E-state index in [1.165, 1.54) is 0 Å². The molecule has 2 aromatic rings. The number of methoxy groups -OCH3 is 2. The first kappa shape index (κ1) is 17.6. The van der Waals surface area contributed by atoms with Crippen molar-refractivity contribution in [3.63, 3.8) is 0 Å². The van der Waals surface area contributed by atoms with Crippen LogP contribution in [0.15, 0.2) is 48.5 Å². The number of aliphatic hydroxyl groups is 1. The van der Waals surface area contributed by atoms with Crippen LogP contribution in [0.1, 0.15) is 18.1 Å². The van der Waals surface area contributed by atoms with E-state index in [9.17, 15) is 9.90 Å². The maximum atomic E-state index is 11.9. The standard InChI is InChI=1S/C18H22N2O4/c1-23-15-10-14(11-16(12-15)24-2)20-18(22)19-9-8-17(21)13-6-4-3-5-7-13/h3-7,10-12,17,21H,8-9H2,1-2H3,(H2,19,20,22). The van der Waals surface area contributed by atoms with E-state index in [1.54, 1.807) is 32.4 Å². The van der Waals surface area contributed by atoms with Crippen molar-refractivity contribution in [3.8, 4) is 11.5 Å². The summed E-state index contributed by atoms with van der Waals surface area (Å²) in [6.07, 6.45) is -0.179. The van der Waals surface area contributed by atoms with Crippen LogP contribution in [0.3, 0.4) is 0 Å². The van der Waals surface area contributed by atoms with Crippen molar-refractivity contribution in [3.05, 3.63) is 54.1 Å². The van der Waals surface area contributed by atoms with Crippen LogP contribution < -0.4 is 20.1 Å². The molecule has 24 heavy (non-hydrogen) atoms. The van der Waals surface area contributed by atoms with Crippen LogP contribution >= 0.6 is 0 Å². The van der Waals surface area contributed by atoms with Gasteiger partial charge in [0.25, 0.3) is 0 Å². The Bertz CT molecular complexity index is 639. The quantitative estimate of drug-likeness (QED) is 0.729. The summed E-state index contributed by atoms with van der Waals surface area (Å²) in [5, 5.41) is 15.5. The van der Waals surface area contributed by atoms with E-state index in [1.807, 2.05) is 30.3 Å². The van der Waals surface area contributed by atoms with Gasteiger partial charge in [-0.3, -0.25) is 0 Å². The minimum atomic E-state index is -0.608. The zero-order chi connectivity index (χ0) is 17.4. The SMILES string of the molecule is COc1cc(NC(=O)NCCC(O)c2ccccc2)cc(OC)c1. The smallest absolute Gasteiger partial charge is 0.319 e. The molecular weight excluding hydrogens is 308 g/mol. The molecule has 0 fully saturated rings. The van der Waals surface area contributed by atoms with E-state index in [2.05, 4.69) is 10.6 Å². The van der Waals surface area contributed by atoms with Gasteiger partial charge in [-0.2, -0.15) is 0 Å². The Hall–Kier alpha value is -2.73. The molecule has 0 aromatic heterocycles. The monoisotopic (exact) mass is 330 g/mol. The van der Waals surface area contributed by atoms with Crippen molar-refractivity contribution in [2.24, 2.45) is 0 Å². The van der Waals surface area contributed by atoms with Gasteiger partial charge in [-0.25, -0.2) is 4.79 Å². The molecule has 1 unspecified atom stereocenters. The van der Waals surface area contributed by atoms with Crippen molar-refractivity contribution in [1.29, 1.82) is 0 Å². The fourth-order valence-corrected chi connectivity index (χ4v) is 2.22. The predicted octanol–water partition coefficient (Wildman–Crippen LogP) is 2.95. The van der Waals surface area contributed by atoms with E-state index in [-0.39, 0.29) is 6.03 Å². The van der Waals surface area contributed by atoms with E-state index >= 15 is 0 Å². The van der Waals surface area contributed by atoms with Gasteiger partial charge in [0.2, 0.25) is 0 Å².